The van der Waals surface area contributed by atoms with Crippen LogP contribution in [0.3, 0.4) is 0 Å². The minimum absolute atomic E-state index is 0.0375. The Hall–Kier alpha value is -3.31. The Balaban J connectivity index is 1.73. The van der Waals surface area contributed by atoms with Crippen molar-refractivity contribution >= 4 is 34.6 Å². The number of amides is 1. The first-order valence-corrected chi connectivity index (χ1v) is 10.9. The highest BCUT2D eigenvalue weighted by Gasteiger charge is 2.37. The predicted molar refractivity (Wildman–Crippen MR) is 129 cm³/mol. The van der Waals surface area contributed by atoms with Gasteiger partial charge in [0.1, 0.15) is 5.75 Å². The molecule has 0 saturated carbocycles. The van der Waals surface area contributed by atoms with Gasteiger partial charge in [0.2, 0.25) is 0 Å². The number of carbonyl (C=O) groups is 1. The quantitative estimate of drug-likeness (QED) is 0.444. The number of aliphatic imine (C=N–C) groups is 1. The average molecular weight is 429 g/mol. The van der Waals surface area contributed by atoms with Gasteiger partial charge in [-0.3, -0.25) is 9.69 Å². The zero-order valence-corrected chi connectivity index (χ0v) is 18.6. The van der Waals surface area contributed by atoms with Crippen molar-refractivity contribution in [2.45, 2.75) is 19.9 Å². The molecule has 0 bridgehead atoms. The molecule has 1 heterocycles. The number of rotatable bonds is 5. The molecule has 3 aromatic rings. The molecule has 1 fully saturated rings. The highest BCUT2D eigenvalue weighted by molar-refractivity contribution is 8.18. The summed E-state index contributed by atoms with van der Waals surface area (Å²) in [6.45, 7) is 4.03. The van der Waals surface area contributed by atoms with E-state index in [-0.39, 0.29) is 11.9 Å². The summed E-state index contributed by atoms with van der Waals surface area (Å²) in [7, 11) is 1.66. The van der Waals surface area contributed by atoms with Crippen LogP contribution in [0.4, 0.5) is 5.69 Å². The van der Waals surface area contributed by atoms with E-state index in [0.717, 1.165) is 28.1 Å². The Morgan fingerprint density at radius 3 is 2.32 bits per heavy atom. The summed E-state index contributed by atoms with van der Waals surface area (Å²) in [5.74, 6) is 0.794. The summed E-state index contributed by atoms with van der Waals surface area (Å²) in [5, 5.41) is 0.684. The van der Waals surface area contributed by atoms with Crippen LogP contribution < -0.4 is 4.74 Å². The van der Waals surface area contributed by atoms with Crippen LogP contribution in [0.1, 0.15) is 29.7 Å². The Morgan fingerprint density at radius 1 is 1.00 bits per heavy atom. The van der Waals surface area contributed by atoms with Crippen molar-refractivity contribution in [2.75, 3.05) is 7.11 Å². The van der Waals surface area contributed by atoms with Crippen LogP contribution in [0.25, 0.3) is 6.08 Å². The summed E-state index contributed by atoms with van der Waals surface area (Å²) < 4.78 is 5.35. The molecule has 0 N–H and O–H groups in total. The number of hydrogen-bond acceptors (Lipinski definition) is 4. The van der Waals surface area contributed by atoms with E-state index < -0.39 is 0 Å². The second-order valence-corrected chi connectivity index (χ2v) is 8.34. The van der Waals surface area contributed by atoms with Gasteiger partial charge in [-0.15, -0.1) is 0 Å². The van der Waals surface area contributed by atoms with Gasteiger partial charge in [-0.2, -0.15) is 0 Å². The summed E-state index contributed by atoms with van der Waals surface area (Å²) in [4.78, 5) is 20.7. The number of ether oxygens (including phenoxy) is 1. The first-order valence-electron chi connectivity index (χ1n) is 10.1. The molecular formula is C26H24N2O2S. The van der Waals surface area contributed by atoms with Gasteiger partial charge in [-0.1, -0.05) is 54.6 Å². The SMILES string of the molecule is COc1ccc(/C=C2/SC(=Nc3ccccc3)N([C@@H](C)c3ccccc3)C2=O)cc1C. The van der Waals surface area contributed by atoms with Gasteiger partial charge in [-0.05, 0) is 72.6 Å². The van der Waals surface area contributed by atoms with Gasteiger partial charge in [0.15, 0.2) is 5.17 Å². The van der Waals surface area contributed by atoms with Crippen LogP contribution in [0.5, 0.6) is 5.75 Å². The Morgan fingerprint density at radius 2 is 1.68 bits per heavy atom. The zero-order chi connectivity index (χ0) is 21.8. The van der Waals surface area contributed by atoms with Crippen LogP contribution >= 0.6 is 11.8 Å². The first-order chi connectivity index (χ1) is 15.1. The molecule has 1 atom stereocenters. The summed E-state index contributed by atoms with van der Waals surface area (Å²) in [6, 6.07) is 25.6. The van der Waals surface area contributed by atoms with Crippen LogP contribution in [0.15, 0.2) is 88.8 Å². The van der Waals surface area contributed by atoms with E-state index in [1.165, 1.54) is 11.8 Å². The molecule has 1 aliphatic rings. The standard InChI is InChI=1S/C26H24N2O2S/c1-18-16-20(14-15-23(18)30-3)17-24-25(29)28(19(2)21-10-6-4-7-11-21)26(31-24)27-22-12-8-5-9-13-22/h4-17,19H,1-3H3/b24-17+,27-26?/t19-/m0/s1. The maximum Gasteiger partial charge on any atom is 0.267 e. The molecule has 1 saturated heterocycles. The molecule has 156 valence electrons. The van der Waals surface area contributed by atoms with Gasteiger partial charge >= 0.3 is 0 Å². The third-order valence-corrected chi connectivity index (χ3v) is 6.19. The summed E-state index contributed by atoms with van der Waals surface area (Å²) in [6.07, 6.45) is 1.93. The van der Waals surface area contributed by atoms with Crippen LogP contribution in [-0.2, 0) is 4.79 Å². The lowest BCUT2D eigenvalue weighted by molar-refractivity contribution is -0.123. The predicted octanol–water partition coefficient (Wildman–Crippen LogP) is 6.37. The van der Waals surface area contributed by atoms with Gasteiger partial charge in [0.05, 0.1) is 23.7 Å². The molecule has 0 unspecified atom stereocenters. The molecule has 3 aromatic carbocycles. The lowest BCUT2D eigenvalue weighted by atomic mass is 10.1. The molecule has 0 radical (unpaired) electrons. The van der Waals surface area contributed by atoms with Crippen molar-refractivity contribution in [3.8, 4) is 5.75 Å². The van der Waals surface area contributed by atoms with Gasteiger partial charge in [0, 0.05) is 0 Å². The van der Waals surface area contributed by atoms with Crippen molar-refractivity contribution in [1.82, 2.24) is 4.90 Å². The molecule has 1 aliphatic heterocycles. The smallest absolute Gasteiger partial charge is 0.267 e. The van der Waals surface area contributed by atoms with E-state index >= 15 is 0 Å². The van der Waals surface area contributed by atoms with E-state index in [2.05, 4.69) is 0 Å². The van der Waals surface area contributed by atoms with Crippen molar-refractivity contribution in [3.63, 3.8) is 0 Å². The number of hydrogen-bond donors (Lipinski definition) is 0. The molecule has 4 rings (SSSR count). The fourth-order valence-corrected chi connectivity index (χ4v) is 4.61. The fraction of sp³-hybridized carbons (Fsp3) is 0.154. The Bertz CT molecular complexity index is 1140. The topological polar surface area (TPSA) is 41.9 Å². The molecule has 1 amide bonds. The Kier molecular flexibility index (Phi) is 6.23. The zero-order valence-electron chi connectivity index (χ0n) is 17.8. The van der Waals surface area contributed by atoms with Crippen LogP contribution in [-0.4, -0.2) is 23.1 Å². The molecule has 4 nitrogen and oxygen atoms in total. The Labute approximate surface area is 187 Å². The van der Waals surface area contributed by atoms with Crippen LogP contribution in [0, 0.1) is 6.92 Å². The highest BCUT2D eigenvalue weighted by Crippen LogP contribution is 2.39. The second-order valence-electron chi connectivity index (χ2n) is 7.33. The molecule has 31 heavy (non-hydrogen) atoms. The minimum atomic E-state index is -0.132. The molecule has 0 spiro atoms. The molecule has 0 aliphatic carbocycles. The average Bonchev–Trinajstić information content (AvgIpc) is 3.09. The number of nitrogens with zero attached hydrogens (tertiary/aromatic N) is 2. The fourth-order valence-electron chi connectivity index (χ4n) is 3.54. The van der Waals surface area contributed by atoms with Crippen molar-refractivity contribution < 1.29 is 9.53 Å². The molecular weight excluding hydrogens is 404 g/mol. The minimum Gasteiger partial charge on any atom is -0.496 e. The second kappa shape index (κ2) is 9.23. The normalized spacial score (nSPS) is 17.4. The van der Waals surface area contributed by atoms with E-state index in [9.17, 15) is 4.79 Å². The van der Waals surface area contributed by atoms with Gasteiger partial charge < -0.3 is 4.74 Å². The first kappa shape index (κ1) is 20.9. The monoisotopic (exact) mass is 428 g/mol. The number of methoxy groups -OCH3 is 1. The van der Waals surface area contributed by atoms with E-state index in [1.54, 1.807) is 12.0 Å². The lowest BCUT2D eigenvalue weighted by Gasteiger charge is -2.24. The van der Waals surface area contributed by atoms with Crippen molar-refractivity contribution in [3.05, 3.63) is 100 Å². The number of amidine groups is 1. The van der Waals surface area contributed by atoms with E-state index in [0.29, 0.717) is 10.1 Å². The van der Waals surface area contributed by atoms with Crippen LogP contribution in [0.2, 0.25) is 0 Å². The van der Waals surface area contributed by atoms with E-state index in [1.807, 2.05) is 98.8 Å². The van der Waals surface area contributed by atoms with Gasteiger partial charge in [-0.25, -0.2) is 4.99 Å². The lowest BCUT2D eigenvalue weighted by Crippen LogP contribution is -2.32. The molecule has 5 heteroatoms. The number of para-hydroxylation sites is 1. The largest absolute Gasteiger partial charge is 0.496 e. The maximum absolute atomic E-state index is 13.5. The maximum atomic E-state index is 13.5. The van der Waals surface area contributed by atoms with Crippen molar-refractivity contribution in [1.29, 1.82) is 0 Å². The summed E-state index contributed by atoms with van der Waals surface area (Å²) >= 11 is 1.41. The molecule has 0 aromatic heterocycles. The van der Waals surface area contributed by atoms with Gasteiger partial charge in [0.25, 0.3) is 5.91 Å². The highest BCUT2D eigenvalue weighted by atomic mass is 32.2. The number of carbonyl (C=O) groups excluding carboxylic acids is 1. The number of thioether (sulfide) groups is 1. The summed E-state index contributed by atoms with van der Waals surface area (Å²) in [5.41, 5.74) is 3.88. The van der Waals surface area contributed by atoms with Crippen molar-refractivity contribution in [2.24, 2.45) is 4.99 Å². The number of aryl methyl sites for hydroxylation is 1. The third kappa shape index (κ3) is 4.57. The number of benzene rings is 3. The third-order valence-electron chi connectivity index (χ3n) is 5.20. The van der Waals surface area contributed by atoms with E-state index in [4.69, 9.17) is 9.73 Å².